The largest absolute Gasteiger partial charge is 0.492 e. The molecule has 0 saturated carbocycles. The Hall–Kier alpha value is -2.92. The summed E-state index contributed by atoms with van der Waals surface area (Å²) < 4.78 is 6.66. The van der Waals surface area contributed by atoms with E-state index in [0.29, 0.717) is 29.2 Å². The molecule has 0 atom stereocenters. The second-order valence-electron chi connectivity index (χ2n) is 6.32. The third kappa shape index (κ3) is 5.30. The molecule has 1 N–H and O–H groups in total. The smallest absolute Gasteiger partial charge is 0.259 e. The van der Waals surface area contributed by atoms with Gasteiger partial charge in [0.15, 0.2) is 5.78 Å². The molecule has 0 aliphatic carbocycles. The Morgan fingerprint density at radius 3 is 2.50 bits per heavy atom. The molecule has 1 amide bonds. The maximum Gasteiger partial charge on any atom is 0.259 e. The van der Waals surface area contributed by atoms with Gasteiger partial charge in [-0.25, -0.2) is 0 Å². The van der Waals surface area contributed by atoms with Crippen LogP contribution in [0.5, 0.6) is 5.75 Å². The minimum absolute atomic E-state index is 0.0523. The monoisotopic (exact) mass is 437 g/mol. The van der Waals surface area contributed by atoms with Crippen molar-refractivity contribution < 1.29 is 14.3 Å². The molecule has 0 bridgehead atoms. The van der Waals surface area contributed by atoms with Gasteiger partial charge in [0.05, 0.1) is 12.2 Å². The van der Waals surface area contributed by atoms with E-state index in [2.05, 4.69) is 21.2 Å². The summed E-state index contributed by atoms with van der Waals surface area (Å²) >= 11 is 3.41. The van der Waals surface area contributed by atoms with Gasteiger partial charge in [-0.1, -0.05) is 58.4 Å². The van der Waals surface area contributed by atoms with E-state index in [0.717, 1.165) is 10.9 Å². The Balaban J connectivity index is 1.73. The lowest BCUT2D eigenvalue weighted by Gasteiger charge is -2.13. The molecule has 3 rings (SSSR count). The van der Waals surface area contributed by atoms with Crippen LogP contribution in [0.25, 0.3) is 0 Å². The van der Waals surface area contributed by atoms with Crippen LogP contribution in [0, 0.1) is 0 Å². The fraction of sp³-hybridized carbons (Fsp3) is 0.130. The summed E-state index contributed by atoms with van der Waals surface area (Å²) in [6.45, 7) is 1.96. The van der Waals surface area contributed by atoms with Crippen LogP contribution in [0.1, 0.15) is 33.2 Å². The lowest BCUT2D eigenvalue weighted by atomic mass is 10.1. The average Bonchev–Trinajstić information content (AvgIpc) is 2.70. The van der Waals surface area contributed by atoms with E-state index in [4.69, 9.17) is 4.74 Å². The number of nitrogens with one attached hydrogen (secondary N) is 1. The fourth-order valence-corrected chi connectivity index (χ4v) is 3.10. The normalized spacial score (nSPS) is 10.4. The summed E-state index contributed by atoms with van der Waals surface area (Å²) in [5.41, 5.74) is 2.71. The molecule has 3 aromatic rings. The second-order valence-corrected chi connectivity index (χ2v) is 7.23. The minimum atomic E-state index is -0.295. The van der Waals surface area contributed by atoms with Crippen LogP contribution in [-0.4, -0.2) is 18.3 Å². The van der Waals surface area contributed by atoms with Crippen molar-refractivity contribution in [3.8, 4) is 5.75 Å². The van der Waals surface area contributed by atoms with Crippen LogP contribution in [-0.2, 0) is 6.42 Å². The van der Waals surface area contributed by atoms with Crippen LogP contribution in [0.2, 0.25) is 0 Å². The predicted octanol–water partition coefficient (Wildman–Crippen LogP) is 5.53. The minimum Gasteiger partial charge on any atom is -0.492 e. The summed E-state index contributed by atoms with van der Waals surface area (Å²) in [6, 6.07) is 22.2. The number of amides is 1. The van der Waals surface area contributed by atoms with E-state index < -0.39 is 0 Å². The van der Waals surface area contributed by atoms with Gasteiger partial charge in [0.1, 0.15) is 5.75 Å². The van der Waals surface area contributed by atoms with Gasteiger partial charge >= 0.3 is 0 Å². The Labute approximate surface area is 172 Å². The van der Waals surface area contributed by atoms with Crippen LogP contribution < -0.4 is 10.1 Å². The van der Waals surface area contributed by atoms with Gasteiger partial charge in [-0.05, 0) is 42.8 Å². The molecule has 4 nitrogen and oxygen atoms in total. The molecule has 0 aliphatic rings. The number of ether oxygens (including phenoxy) is 1. The molecule has 142 valence electrons. The lowest BCUT2D eigenvalue weighted by molar-refractivity contribution is 0.100. The van der Waals surface area contributed by atoms with Crippen LogP contribution in [0.15, 0.2) is 77.3 Å². The number of Topliss-reactive ketones (excluding diaryl/α,β-unsaturated/α-hetero) is 1. The summed E-state index contributed by atoms with van der Waals surface area (Å²) in [7, 11) is 0. The second kappa shape index (κ2) is 9.33. The van der Waals surface area contributed by atoms with Crippen molar-refractivity contribution in [3.05, 3.63) is 94.0 Å². The first-order valence-corrected chi connectivity index (χ1v) is 9.71. The molecule has 28 heavy (non-hydrogen) atoms. The number of hydrogen-bond donors (Lipinski definition) is 1. The van der Waals surface area contributed by atoms with Crippen molar-refractivity contribution >= 4 is 33.3 Å². The molecule has 5 heteroatoms. The highest BCUT2D eigenvalue weighted by Crippen LogP contribution is 2.25. The first-order valence-electron chi connectivity index (χ1n) is 8.91. The Kier molecular flexibility index (Phi) is 6.61. The number of anilines is 1. The highest BCUT2D eigenvalue weighted by atomic mass is 79.9. The maximum atomic E-state index is 12.8. The van der Waals surface area contributed by atoms with Gasteiger partial charge in [0, 0.05) is 22.1 Å². The van der Waals surface area contributed by atoms with E-state index in [1.54, 1.807) is 36.4 Å². The number of halogens is 1. The standard InChI is InChI=1S/C23H20BrNO3/c1-16(26)18-8-5-9-20(14-18)25-23(27)21-15-19(24)10-11-22(21)28-13-12-17-6-3-2-4-7-17/h2-11,14-15H,12-13H2,1H3,(H,25,27). The van der Waals surface area contributed by atoms with Crippen LogP contribution in [0.3, 0.4) is 0 Å². The number of ketones is 1. The third-order valence-corrected chi connectivity index (χ3v) is 4.70. The van der Waals surface area contributed by atoms with Gasteiger partial charge in [-0.15, -0.1) is 0 Å². The number of carbonyl (C=O) groups is 2. The van der Waals surface area contributed by atoms with E-state index in [-0.39, 0.29) is 11.7 Å². The number of benzene rings is 3. The molecular weight excluding hydrogens is 418 g/mol. The number of rotatable bonds is 7. The quantitative estimate of drug-likeness (QED) is 0.494. The molecule has 0 aliphatic heterocycles. The Morgan fingerprint density at radius 1 is 0.964 bits per heavy atom. The predicted molar refractivity (Wildman–Crippen MR) is 114 cm³/mol. The highest BCUT2D eigenvalue weighted by Gasteiger charge is 2.14. The molecule has 0 heterocycles. The zero-order valence-electron chi connectivity index (χ0n) is 15.4. The molecule has 0 saturated heterocycles. The molecule has 0 unspecified atom stereocenters. The Morgan fingerprint density at radius 2 is 1.75 bits per heavy atom. The first kappa shape index (κ1) is 19.8. The van der Waals surface area contributed by atoms with Gasteiger partial charge < -0.3 is 10.1 Å². The van der Waals surface area contributed by atoms with Crippen LogP contribution in [0.4, 0.5) is 5.69 Å². The van der Waals surface area contributed by atoms with Crippen LogP contribution >= 0.6 is 15.9 Å². The van der Waals surface area contributed by atoms with Crippen molar-refractivity contribution in [3.63, 3.8) is 0 Å². The van der Waals surface area contributed by atoms with Gasteiger partial charge in [0.25, 0.3) is 5.91 Å². The Bertz CT molecular complexity index is 986. The lowest BCUT2D eigenvalue weighted by Crippen LogP contribution is -2.15. The SMILES string of the molecule is CC(=O)c1cccc(NC(=O)c2cc(Br)ccc2OCCc2ccccc2)c1. The molecule has 0 radical (unpaired) electrons. The van der Waals surface area contributed by atoms with Crippen molar-refractivity contribution in [2.75, 3.05) is 11.9 Å². The summed E-state index contributed by atoms with van der Waals surface area (Å²) in [6.07, 6.45) is 0.749. The average molecular weight is 438 g/mol. The van der Waals surface area contributed by atoms with Crippen molar-refractivity contribution in [2.24, 2.45) is 0 Å². The molecular formula is C23H20BrNO3. The molecule has 0 spiro atoms. The van der Waals surface area contributed by atoms with Crippen molar-refractivity contribution in [2.45, 2.75) is 13.3 Å². The first-order chi connectivity index (χ1) is 13.5. The topological polar surface area (TPSA) is 55.4 Å². The molecule has 3 aromatic carbocycles. The number of carbonyl (C=O) groups excluding carboxylic acids is 2. The molecule has 0 fully saturated rings. The van der Waals surface area contributed by atoms with E-state index in [9.17, 15) is 9.59 Å². The fourth-order valence-electron chi connectivity index (χ4n) is 2.74. The zero-order valence-corrected chi connectivity index (χ0v) is 17.0. The zero-order chi connectivity index (χ0) is 19.9. The van der Waals surface area contributed by atoms with Gasteiger partial charge in [-0.3, -0.25) is 9.59 Å². The van der Waals surface area contributed by atoms with E-state index in [1.165, 1.54) is 12.5 Å². The van der Waals surface area contributed by atoms with Gasteiger partial charge in [0.2, 0.25) is 0 Å². The third-order valence-electron chi connectivity index (χ3n) is 4.20. The molecule has 0 aromatic heterocycles. The maximum absolute atomic E-state index is 12.8. The van der Waals surface area contributed by atoms with E-state index in [1.807, 2.05) is 36.4 Å². The van der Waals surface area contributed by atoms with Gasteiger partial charge in [-0.2, -0.15) is 0 Å². The highest BCUT2D eigenvalue weighted by molar-refractivity contribution is 9.10. The van der Waals surface area contributed by atoms with Crippen molar-refractivity contribution in [1.29, 1.82) is 0 Å². The summed E-state index contributed by atoms with van der Waals surface area (Å²) in [5.74, 6) is 0.166. The number of hydrogen-bond acceptors (Lipinski definition) is 3. The summed E-state index contributed by atoms with van der Waals surface area (Å²) in [4.78, 5) is 24.4. The summed E-state index contributed by atoms with van der Waals surface area (Å²) in [5, 5.41) is 2.84. The van der Waals surface area contributed by atoms with Crippen molar-refractivity contribution in [1.82, 2.24) is 0 Å². The van der Waals surface area contributed by atoms with E-state index >= 15 is 0 Å².